The van der Waals surface area contributed by atoms with Gasteiger partial charge in [0.1, 0.15) is 0 Å². The Bertz CT molecular complexity index is 213. The van der Waals surface area contributed by atoms with Crippen molar-refractivity contribution in [3.8, 4) is 0 Å². The predicted molar refractivity (Wildman–Crippen MR) is 51.8 cm³/mol. The van der Waals surface area contributed by atoms with Gasteiger partial charge in [-0.2, -0.15) is 0 Å². The number of hydrogen-bond acceptors (Lipinski definition) is 6. The van der Waals surface area contributed by atoms with Crippen LogP contribution in [0.2, 0.25) is 3.43 Å². The van der Waals surface area contributed by atoms with Gasteiger partial charge in [-0.05, 0) is 0 Å². The second kappa shape index (κ2) is 8.33. The van der Waals surface area contributed by atoms with Crippen LogP contribution in [0.3, 0.4) is 0 Å². The number of carboxylic acids is 1. The van der Waals surface area contributed by atoms with Crippen LogP contribution in [0, 0.1) is 0 Å². The first-order chi connectivity index (χ1) is 7.84. The van der Waals surface area contributed by atoms with Crippen LogP contribution in [-0.2, 0) is 40.4 Å². The van der Waals surface area contributed by atoms with Crippen molar-refractivity contribution in [2.24, 2.45) is 0 Å². The summed E-state index contributed by atoms with van der Waals surface area (Å²) in [4.78, 5) is 9.00. The first-order valence-corrected chi connectivity index (χ1v) is 8.20. The molecule has 0 amide bonds. The second-order valence-electron chi connectivity index (χ2n) is 3.63. The standard InChI is InChI=1S/C7H13O5.C2H4O2.Hg/c1-11-6-2-4(9)7(10)5(3-8)12-6;1-2(3)4;/h2,4-10H,3H2,1H3;1H3,(H,3,4);. The third kappa shape index (κ3) is 5.58. The Hall–Kier alpha value is 0.205. The van der Waals surface area contributed by atoms with Crippen molar-refractivity contribution >= 4 is 5.97 Å². The molecule has 1 heterocycles. The molecular weight excluding hydrogens is 421 g/mol. The fourth-order valence-corrected chi connectivity index (χ4v) is 3.63. The van der Waals surface area contributed by atoms with Crippen LogP contribution in [0.25, 0.3) is 0 Å². The number of aliphatic hydroxyl groups is 3. The van der Waals surface area contributed by atoms with Gasteiger partial charge in [-0.15, -0.1) is 0 Å². The summed E-state index contributed by atoms with van der Waals surface area (Å²) in [7, 11) is 1.49. The molecule has 1 rings (SSSR count). The van der Waals surface area contributed by atoms with E-state index in [1.165, 1.54) is 7.11 Å². The molecule has 1 aliphatic rings. The zero-order valence-electron chi connectivity index (χ0n) is 9.81. The average Bonchev–Trinajstić information content (AvgIpc) is 2.26. The summed E-state index contributed by atoms with van der Waals surface area (Å²) in [5.41, 5.74) is 0. The summed E-state index contributed by atoms with van der Waals surface area (Å²) in [5.74, 6) is -0.833. The first kappa shape index (κ1) is 17.2. The molecule has 5 unspecified atom stereocenters. The van der Waals surface area contributed by atoms with Gasteiger partial charge in [-0.25, -0.2) is 0 Å². The Balaban J connectivity index is 0.000000557. The molecular formula is C9H17HgO7. The van der Waals surface area contributed by atoms with Crippen molar-refractivity contribution < 1.29 is 60.8 Å². The van der Waals surface area contributed by atoms with E-state index in [0.717, 1.165) is 6.92 Å². The molecule has 8 heteroatoms. The molecule has 0 spiro atoms. The van der Waals surface area contributed by atoms with E-state index in [2.05, 4.69) is 0 Å². The quantitative estimate of drug-likeness (QED) is 0.388. The molecule has 17 heavy (non-hydrogen) atoms. The molecule has 1 aliphatic heterocycles. The molecule has 0 bridgehead atoms. The van der Waals surface area contributed by atoms with E-state index >= 15 is 0 Å². The van der Waals surface area contributed by atoms with Gasteiger partial charge < -0.3 is 5.11 Å². The van der Waals surface area contributed by atoms with Crippen LogP contribution in [0.15, 0.2) is 0 Å². The molecule has 4 N–H and O–H groups in total. The van der Waals surface area contributed by atoms with Gasteiger partial charge in [0.15, 0.2) is 0 Å². The number of carbonyl (C=O) groups is 1. The molecule has 0 radical (unpaired) electrons. The van der Waals surface area contributed by atoms with E-state index in [9.17, 15) is 10.2 Å². The van der Waals surface area contributed by atoms with E-state index in [0.29, 0.717) is 0 Å². The molecule has 7 nitrogen and oxygen atoms in total. The number of hydrogen-bond donors (Lipinski definition) is 4. The third-order valence-corrected chi connectivity index (χ3v) is 5.61. The Morgan fingerprint density at radius 2 is 1.88 bits per heavy atom. The monoisotopic (exact) mass is 439 g/mol. The summed E-state index contributed by atoms with van der Waals surface area (Å²) < 4.78 is 10.1. The van der Waals surface area contributed by atoms with Gasteiger partial charge in [0.05, 0.1) is 0 Å². The summed E-state index contributed by atoms with van der Waals surface area (Å²) in [6.45, 7) is 0.776. The Kier molecular flexibility index (Phi) is 8.43. The maximum absolute atomic E-state index is 9.58. The molecule has 0 aromatic carbocycles. The molecule has 0 aliphatic carbocycles. The van der Waals surface area contributed by atoms with Gasteiger partial charge in [0, 0.05) is 6.92 Å². The minimum atomic E-state index is -1.00. The molecule has 0 aromatic heterocycles. The number of carboxylic acid groups (broad SMARTS) is 1. The number of rotatable bonds is 2. The third-order valence-electron chi connectivity index (χ3n) is 2.24. The van der Waals surface area contributed by atoms with Crippen molar-refractivity contribution in [3.63, 3.8) is 0 Å². The van der Waals surface area contributed by atoms with Crippen LogP contribution < -0.4 is 0 Å². The van der Waals surface area contributed by atoms with Crippen molar-refractivity contribution in [1.29, 1.82) is 0 Å². The van der Waals surface area contributed by atoms with Gasteiger partial charge in [-0.3, -0.25) is 4.79 Å². The van der Waals surface area contributed by atoms with Crippen LogP contribution in [0.4, 0.5) is 0 Å². The van der Waals surface area contributed by atoms with Crippen LogP contribution in [-0.4, -0.2) is 64.7 Å². The van der Waals surface area contributed by atoms with E-state index in [1.54, 1.807) is 0 Å². The van der Waals surface area contributed by atoms with Crippen LogP contribution in [0.5, 0.6) is 0 Å². The topological polar surface area (TPSA) is 116 Å². The maximum atomic E-state index is 9.58. The summed E-state index contributed by atoms with van der Waals surface area (Å²) in [6, 6.07) is 0. The Morgan fingerprint density at radius 3 is 2.24 bits per heavy atom. The summed E-state index contributed by atoms with van der Waals surface area (Å²) >= 11 is 0.248. The second-order valence-corrected chi connectivity index (χ2v) is 7.29. The first-order valence-electron chi connectivity index (χ1n) is 5.03. The average molecular weight is 438 g/mol. The fraction of sp³-hybridized carbons (Fsp3) is 0.889. The van der Waals surface area contributed by atoms with Crippen molar-refractivity contribution in [2.75, 3.05) is 13.7 Å². The van der Waals surface area contributed by atoms with Crippen LogP contribution >= 0.6 is 0 Å². The zero-order chi connectivity index (χ0) is 13.6. The van der Waals surface area contributed by atoms with E-state index in [1.807, 2.05) is 0 Å². The molecule has 5 atom stereocenters. The zero-order valence-corrected chi connectivity index (χ0v) is 15.3. The SMILES string of the molecule is CC(=O)O.COC1OC(CO)C(O)C(O)[CH]1[Hg]. The molecule has 1 saturated heterocycles. The van der Waals surface area contributed by atoms with Crippen molar-refractivity contribution in [1.82, 2.24) is 0 Å². The van der Waals surface area contributed by atoms with E-state index in [-0.39, 0.29) is 36.2 Å². The van der Waals surface area contributed by atoms with Crippen molar-refractivity contribution in [3.05, 3.63) is 0 Å². The Morgan fingerprint density at radius 1 is 1.41 bits per heavy atom. The normalized spacial score (nSPS) is 37.0. The number of aliphatic hydroxyl groups excluding tert-OH is 3. The molecule has 0 aromatic rings. The van der Waals surface area contributed by atoms with Gasteiger partial charge in [-0.1, -0.05) is 0 Å². The van der Waals surface area contributed by atoms with Gasteiger partial charge in [0.25, 0.3) is 5.97 Å². The number of methoxy groups -OCH3 is 1. The molecule has 0 saturated carbocycles. The van der Waals surface area contributed by atoms with E-state index in [4.69, 9.17) is 24.5 Å². The molecule has 1 fully saturated rings. The summed E-state index contributed by atoms with van der Waals surface area (Å²) in [5, 5.41) is 35.3. The number of ether oxygens (including phenoxy) is 2. The molecule has 97 valence electrons. The Labute approximate surface area is 115 Å². The predicted octanol–water partition coefficient (Wildman–Crippen LogP) is -1.50. The fourth-order valence-electron chi connectivity index (χ4n) is 1.37. The summed E-state index contributed by atoms with van der Waals surface area (Å²) in [6.07, 6.45) is -3.06. The van der Waals surface area contributed by atoms with Gasteiger partial charge >= 0.3 is 92.7 Å². The minimum absolute atomic E-state index is 0.109. The van der Waals surface area contributed by atoms with Crippen LogP contribution in [0.1, 0.15) is 6.92 Å². The van der Waals surface area contributed by atoms with E-state index < -0.39 is 30.6 Å². The number of aliphatic carboxylic acids is 1. The van der Waals surface area contributed by atoms with Crippen molar-refractivity contribution in [2.45, 2.75) is 35.0 Å². The van der Waals surface area contributed by atoms with Gasteiger partial charge in [0.2, 0.25) is 0 Å².